The lowest BCUT2D eigenvalue weighted by Crippen LogP contribution is -2.34. The van der Waals surface area contributed by atoms with E-state index >= 15 is 0 Å². The molecule has 1 amide bonds. The minimum Gasteiger partial charge on any atom is -0.361 e. The predicted octanol–water partition coefficient (Wildman–Crippen LogP) is 3.66. The van der Waals surface area contributed by atoms with Crippen molar-refractivity contribution >= 4 is 16.8 Å². The first-order valence-corrected chi connectivity index (χ1v) is 7.79. The number of aromatic amines is 1. The summed E-state index contributed by atoms with van der Waals surface area (Å²) in [5, 5.41) is 4.08. The zero-order valence-corrected chi connectivity index (χ0v) is 12.6. The Kier molecular flexibility index (Phi) is 3.18. The number of hydrogen-bond donors (Lipinski definition) is 2. The number of fused-ring (bicyclic) bond motifs is 1. The SMILES string of the molecule is O=C(NCc1c[nH]c2ccccc12)C1(c2ccccc2F)CC1. The van der Waals surface area contributed by atoms with Crippen molar-refractivity contribution < 1.29 is 9.18 Å². The van der Waals surface area contributed by atoms with Crippen LogP contribution in [0.3, 0.4) is 0 Å². The van der Waals surface area contributed by atoms with E-state index in [4.69, 9.17) is 0 Å². The number of benzene rings is 2. The zero-order chi connectivity index (χ0) is 15.9. The van der Waals surface area contributed by atoms with Crippen LogP contribution in [0.25, 0.3) is 10.9 Å². The van der Waals surface area contributed by atoms with Gasteiger partial charge >= 0.3 is 0 Å². The van der Waals surface area contributed by atoms with Gasteiger partial charge in [0.15, 0.2) is 0 Å². The fraction of sp³-hybridized carbons (Fsp3) is 0.211. The molecule has 0 radical (unpaired) electrons. The summed E-state index contributed by atoms with van der Waals surface area (Å²) in [5.74, 6) is -0.389. The van der Waals surface area contributed by atoms with Crippen molar-refractivity contribution in [2.45, 2.75) is 24.8 Å². The average Bonchev–Trinajstić information content (AvgIpc) is 3.28. The summed E-state index contributed by atoms with van der Waals surface area (Å²) in [6.07, 6.45) is 3.31. The van der Waals surface area contributed by atoms with Crippen molar-refractivity contribution in [1.82, 2.24) is 10.3 Å². The quantitative estimate of drug-likeness (QED) is 0.759. The van der Waals surface area contributed by atoms with Crippen LogP contribution in [0.2, 0.25) is 0 Å². The number of hydrogen-bond acceptors (Lipinski definition) is 1. The van der Waals surface area contributed by atoms with Crippen molar-refractivity contribution in [1.29, 1.82) is 0 Å². The van der Waals surface area contributed by atoms with E-state index in [2.05, 4.69) is 10.3 Å². The Balaban J connectivity index is 1.54. The Hall–Kier alpha value is -2.62. The fourth-order valence-corrected chi connectivity index (χ4v) is 3.22. The van der Waals surface area contributed by atoms with Crippen LogP contribution in [-0.2, 0) is 16.8 Å². The number of carbonyl (C=O) groups is 1. The zero-order valence-electron chi connectivity index (χ0n) is 12.6. The van der Waals surface area contributed by atoms with Crippen molar-refractivity contribution in [3.8, 4) is 0 Å². The van der Waals surface area contributed by atoms with Gasteiger partial charge in [0.2, 0.25) is 5.91 Å². The second-order valence-electron chi connectivity index (χ2n) is 6.10. The number of H-pyrrole nitrogens is 1. The van der Waals surface area contributed by atoms with E-state index in [1.54, 1.807) is 18.2 Å². The van der Waals surface area contributed by atoms with Crippen LogP contribution in [0.4, 0.5) is 4.39 Å². The topological polar surface area (TPSA) is 44.9 Å². The van der Waals surface area contributed by atoms with E-state index in [-0.39, 0.29) is 11.7 Å². The van der Waals surface area contributed by atoms with E-state index in [1.807, 2.05) is 30.5 Å². The van der Waals surface area contributed by atoms with Gasteiger partial charge in [-0.15, -0.1) is 0 Å². The molecule has 3 aromatic rings. The molecular formula is C19H17FN2O. The summed E-state index contributed by atoms with van der Waals surface area (Å²) >= 11 is 0. The molecule has 0 bridgehead atoms. The summed E-state index contributed by atoms with van der Waals surface area (Å²) in [7, 11) is 0. The highest BCUT2D eigenvalue weighted by molar-refractivity contribution is 5.92. The largest absolute Gasteiger partial charge is 0.361 e. The van der Waals surface area contributed by atoms with Crippen LogP contribution in [0.5, 0.6) is 0 Å². The summed E-state index contributed by atoms with van der Waals surface area (Å²) in [5.41, 5.74) is 1.92. The summed E-state index contributed by atoms with van der Waals surface area (Å²) in [6, 6.07) is 14.5. The Bertz CT molecular complexity index is 880. The van der Waals surface area contributed by atoms with Gasteiger partial charge in [0.1, 0.15) is 5.82 Å². The van der Waals surface area contributed by atoms with Crippen molar-refractivity contribution in [3.05, 3.63) is 71.7 Å². The standard InChI is InChI=1S/C19H17FN2O/c20-16-7-3-2-6-15(16)19(9-10-19)18(23)22-12-13-11-21-17-8-4-1-5-14(13)17/h1-8,11,21H,9-10,12H2,(H,22,23). The van der Waals surface area contributed by atoms with Gasteiger partial charge in [-0.05, 0) is 30.5 Å². The normalized spacial score (nSPS) is 15.5. The molecule has 0 saturated heterocycles. The molecule has 0 atom stereocenters. The van der Waals surface area contributed by atoms with Crippen molar-refractivity contribution in [2.75, 3.05) is 0 Å². The molecule has 23 heavy (non-hydrogen) atoms. The molecule has 2 N–H and O–H groups in total. The van der Waals surface area contributed by atoms with Crippen LogP contribution in [0.15, 0.2) is 54.7 Å². The number of carbonyl (C=O) groups excluding carboxylic acids is 1. The first kappa shape index (κ1) is 14.0. The highest BCUT2D eigenvalue weighted by Gasteiger charge is 2.52. The maximum Gasteiger partial charge on any atom is 0.231 e. The van der Waals surface area contributed by atoms with E-state index in [0.29, 0.717) is 24.9 Å². The molecule has 0 unspecified atom stereocenters. The lowest BCUT2D eigenvalue weighted by molar-refractivity contribution is -0.123. The van der Waals surface area contributed by atoms with Gasteiger partial charge in [0, 0.05) is 29.2 Å². The molecular weight excluding hydrogens is 291 g/mol. The van der Waals surface area contributed by atoms with Gasteiger partial charge in [0.25, 0.3) is 0 Å². The third kappa shape index (κ3) is 2.31. The average molecular weight is 308 g/mol. The summed E-state index contributed by atoms with van der Waals surface area (Å²) in [6.45, 7) is 0.444. The molecule has 0 aliphatic heterocycles. The molecule has 0 spiro atoms. The molecule has 1 aliphatic rings. The van der Waals surface area contributed by atoms with Gasteiger partial charge in [0.05, 0.1) is 5.41 Å². The van der Waals surface area contributed by atoms with Crippen LogP contribution < -0.4 is 5.32 Å². The minimum atomic E-state index is -0.683. The van der Waals surface area contributed by atoms with Gasteiger partial charge in [-0.3, -0.25) is 4.79 Å². The highest BCUT2D eigenvalue weighted by atomic mass is 19.1. The molecule has 1 saturated carbocycles. The Morgan fingerprint density at radius 2 is 1.87 bits per heavy atom. The third-order valence-electron chi connectivity index (χ3n) is 4.69. The summed E-state index contributed by atoms with van der Waals surface area (Å²) in [4.78, 5) is 15.8. The predicted molar refractivity (Wildman–Crippen MR) is 87.5 cm³/mol. The minimum absolute atomic E-state index is 0.0899. The third-order valence-corrected chi connectivity index (χ3v) is 4.69. The van der Waals surface area contributed by atoms with Gasteiger partial charge in [-0.2, -0.15) is 0 Å². The number of rotatable bonds is 4. The Labute approximate surface area is 133 Å². The Morgan fingerprint density at radius 3 is 2.65 bits per heavy atom. The molecule has 2 aromatic carbocycles. The molecule has 1 aromatic heterocycles. The summed E-state index contributed by atoms with van der Waals surface area (Å²) < 4.78 is 14.0. The van der Waals surface area contributed by atoms with Crippen molar-refractivity contribution in [3.63, 3.8) is 0 Å². The van der Waals surface area contributed by atoms with Crippen LogP contribution in [-0.4, -0.2) is 10.9 Å². The lowest BCUT2D eigenvalue weighted by atomic mass is 9.94. The van der Waals surface area contributed by atoms with Gasteiger partial charge in [-0.25, -0.2) is 4.39 Å². The number of aromatic nitrogens is 1. The Morgan fingerprint density at radius 1 is 1.13 bits per heavy atom. The molecule has 116 valence electrons. The van der Waals surface area contributed by atoms with Crippen LogP contribution in [0.1, 0.15) is 24.0 Å². The van der Waals surface area contributed by atoms with Gasteiger partial charge < -0.3 is 10.3 Å². The molecule has 4 rings (SSSR count). The number of nitrogens with one attached hydrogen (secondary N) is 2. The van der Waals surface area contributed by atoms with Crippen LogP contribution in [0, 0.1) is 5.82 Å². The highest BCUT2D eigenvalue weighted by Crippen LogP contribution is 2.49. The first-order chi connectivity index (χ1) is 11.2. The number of amides is 1. The molecule has 1 heterocycles. The molecule has 4 heteroatoms. The lowest BCUT2D eigenvalue weighted by Gasteiger charge is -2.16. The number of para-hydroxylation sites is 1. The molecule has 1 fully saturated rings. The van der Waals surface area contributed by atoms with Crippen molar-refractivity contribution in [2.24, 2.45) is 0 Å². The van der Waals surface area contributed by atoms with Crippen LogP contribution >= 0.6 is 0 Å². The second kappa shape index (κ2) is 5.23. The first-order valence-electron chi connectivity index (χ1n) is 7.79. The molecule has 1 aliphatic carbocycles. The maximum absolute atomic E-state index is 14.0. The monoisotopic (exact) mass is 308 g/mol. The smallest absolute Gasteiger partial charge is 0.231 e. The van der Waals surface area contributed by atoms with Gasteiger partial charge in [-0.1, -0.05) is 36.4 Å². The fourth-order valence-electron chi connectivity index (χ4n) is 3.22. The van der Waals surface area contributed by atoms with E-state index < -0.39 is 5.41 Å². The van der Waals surface area contributed by atoms with E-state index in [9.17, 15) is 9.18 Å². The van der Waals surface area contributed by atoms with E-state index in [1.165, 1.54) is 6.07 Å². The second-order valence-corrected chi connectivity index (χ2v) is 6.10. The maximum atomic E-state index is 14.0. The van der Waals surface area contributed by atoms with E-state index in [0.717, 1.165) is 16.5 Å². The number of halogens is 1. The molecule has 3 nitrogen and oxygen atoms in total.